The van der Waals surface area contributed by atoms with Crippen LogP contribution < -0.4 is 15.4 Å². The van der Waals surface area contributed by atoms with Gasteiger partial charge in [-0.15, -0.1) is 0 Å². The second kappa shape index (κ2) is 6.16. The number of rotatable bonds is 5. The highest BCUT2D eigenvalue weighted by molar-refractivity contribution is 7.99. The van der Waals surface area contributed by atoms with Crippen LogP contribution in [0.15, 0.2) is 6.07 Å². The van der Waals surface area contributed by atoms with E-state index in [0.717, 1.165) is 31.2 Å². The SMILES string of the molecule is COc1cc(NCCC2CSCCN2)nn1C. The summed E-state index contributed by atoms with van der Waals surface area (Å²) >= 11 is 2.03. The molecule has 1 aromatic heterocycles. The number of nitrogens with one attached hydrogen (secondary N) is 2. The minimum absolute atomic E-state index is 0.631. The zero-order valence-corrected chi connectivity index (χ0v) is 11.2. The van der Waals surface area contributed by atoms with Crippen molar-refractivity contribution in [3.63, 3.8) is 0 Å². The third-order valence-electron chi connectivity index (χ3n) is 2.84. The van der Waals surface area contributed by atoms with Crippen LogP contribution in [0.4, 0.5) is 5.82 Å². The molecule has 1 aliphatic heterocycles. The Morgan fingerprint density at radius 2 is 2.59 bits per heavy atom. The van der Waals surface area contributed by atoms with Gasteiger partial charge in [0.1, 0.15) is 0 Å². The van der Waals surface area contributed by atoms with E-state index in [2.05, 4.69) is 15.7 Å². The van der Waals surface area contributed by atoms with E-state index in [9.17, 15) is 0 Å². The lowest BCUT2D eigenvalue weighted by Gasteiger charge is -2.22. The minimum Gasteiger partial charge on any atom is -0.481 e. The molecule has 2 N–H and O–H groups in total. The van der Waals surface area contributed by atoms with Crippen molar-refractivity contribution < 1.29 is 4.74 Å². The van der Waals surface area contributed by atoms with Gasteiger partial charge < -0.3 is 15.4 Å². The van der Waals surface area contributed by atoms with Gasteiger partial charge in [0.25, 0.3) is 0 Å². The number of hydrogen-bond acceptors (Lipinski definition) is 5. The quantitative estimate of drug-likeness (QED) is 0.821. The summed E-state index contributed by atoms with van der Waals surface area (Å²) in [6.45, 7) is 2.07. The summed E-state index contributed by atoms with van der Waals surface area (Å²) in [5.41, 5.74) is 0. The van der Waals surface area contributed by atoms with Crippen LogP contribution in [0.2, 0.25) is 0 Å². The molecule has 6 heteroatoms. The van der Waals surface area contributed by atoms with Gasteiger partial charge >= 0.3 is 0 Å². The largest absolute Gasteiger partial charge is 0.481 e. The summed E-state index contributed by atoms with van der Waals surface area (Å²) in [5.74, 6) is 4.11. The Labute approximate surface area is 106 Å². The number of aryl methyl sites for hydroxylation is 1. The fraction of sp³-hybridized carbons (Fsp3) is 0.727. The molecule has 0 radical (unpaired) electrons. The molecule has 0 saturated carbocycles. The maximum Gasteiger partial charge on any atom is 0.213 e. The molecule has 5 nitrogen and oxygen atoms in total. The Bertz CT molecular complexity index is 349. The molecule has 1 aliphatic rings. The highest BCUT2D eigenvalue weighted by Crippen LogP contribution is 2.15. The van der Waals surface area contributed by atoms with Crippen LogP contribution in [0.3, 0.4) is 0 Å². The normalized spacial score (nSPS) is 20.2. The monoisotopic (exact) mass is 256 g/mol. The van der Waals surface area contributed by atoms with Gasteiger partial charge in [-0.1, -0.05) is 0 Å². The number of anilines is 1. The summed E-state index contributed by atoms with van der Waals surface area (Å²) in [6.07, 6.45) is 1.13. The van der Waals surface area contributed by atoms with Crippen LogP contribution in [-0.4, -0.2) is 47.5 Å². The second-order valence-corrected chi connectivity index (χ2v) is 5.29. The molecule has 1 saturated heterocycles. The van der Waals surface area contributed by atoms with Gasteiger partial charge in [0, 0.05) is 43.8 Å². The Morgan fingerprint density at radius 3 is 3.24 bits per heavy atom. The van der Waals surface area contributed by atoms with E-state index >= 15 is 0 Å². The van der Waals surface area contributed by atoms with Gasteiger partial charge in [-0.25, -0.2) is 4.68 Å². The third kappa shape index (κ3) is 3.54. The van der Waals surface area contributed by atoms with E-state index in [1.807, 2.05) is 24.9 Å². The summed E-state index contributed by atoms with van der Waals surface area (Å²) in [7, 11) is 3.54. The zero-order valence-electron chi connectivity index (χ0n) is 10.4. The zero-order chi connectivity index (χ0) is 12.1. The van der Waals surface area contributed by atoms with Gasteiger partial charge in [0.2, 0.25) is 5.88 Å². The Kier molecular flexibility index (Phi) is 4.56. The molecular weight excluding hydrogens is 236 g/mol. The van der Waals surface area contributed by atoms with E-state index in [0.29, 0.717) is 6.04 Å². The topological polar surface area (TPSA) is 51.1 Å². The molecule has 1 aromatic rings. The number of nitrogens with zero attached hydrogens (tertiary/aromatic N) is 2. The summed E-state index contributed by atoms with van der Waals surface area (Å²) in [6, 6.07) is 2.55. The van der Waals surface area contributed by atoms with E-state index in [-0.39, 0.29) is 0 Å². The molecule has 1 atom stereocenters. The Morgan fingerprint density at radius 1 is 1.71 bits per heavy atom. The van der Waals surface area contributed by atoms with Crippen LogP contribution in [-0.2, 0) is 7.05 Å². The number of thioether (sulfide) groups is 1. The van der Waals surface area contributed by atoms with Crippen LogP contribution in [0.5, 0.6) is 5.88 Å². The molecule has 0 aliphatic carbocycles. The van der Waals surface area contributed by atoms with Crippen molar-refractivity contribution in [3.8, 4) is 5.88 Å². The van der Waals surface area contributed by atoms with E-state index < -0.39 is 0 Å². The lowest BCUT2D eigenvalue weighted by atomic mass is 10.2. The molecule has 0 bridgehead atoms. The van der Waals surface area contributed by atoms with Gasteiger partial charge in [0.05, 0.1) is 7.11 Å². The smallest absolute Gasteiger partial charge is 0.213 e. The highest BCUT2D eigenvalue weighted by atomic mass is 32.2. The van der Waals surface area contributed by atoms with Crippen molar-refractivity contribution in [2.75, 3.05) is 37.0 Å². The number of aromatic nitrogens is 2. The van der Waals surface area contributed by atoms with Gasteiger partial charge in [0.15, 0.2) is 5.82 Å². The predicted octanol–water partition coefficient (Wildman–Crippen LogP) is 0.936. The lowest BCUT2D eigenvalue weighted by Crippen LogP contribution is -2.38. The molecule has 17 heavy (non-hydrogen) atoms. The molecule has 1 fully saturated rings. The van der Waals surface area contributed by atoms with Gasteiger partial charge in [-0.3, -0.25) is 0 Å². The summed E-state index contributed by atoms with van der Waals surface area (Å²) < 4.78 is 6.90. The second-order valence-electron chi connectivity index (χ2n) is 4.14. The van der Waals surface area contributed by atoms with Crippen LogP contribution in [0, 0.1) is 0 Å². The van der Waals surface area contributed by atoms with Crippen LogP contribution >= 0.6 is 11.8 Å². The summed E-state index contributed by atoms with van der Waals surface area (Å²) in [4.78, 5) is 0. The number of hydrogen-bond donors (Lipinski definition) is 2. The van der Waals surface area contributed by atoms with Crippen molar-refractivity contribution in [2.45, 2.75) is 12.5 Å². The molecular formula is C11H20N4OS. The Balaban J connectivity index is 1.73. The molecule has 2 heterocycles. The maximum absolute atomic E-state index is 5.17. The first-order valence-corrected chi connectivity index (χ1v) is 7.08. The molecule has 0 amide bonds. The predicted molar refractivity (Wildman–Crippen MR) is 72.0 cm³/mol. The average molecular weight is 256 g/mol. The lowest BCUT2D eigenvalue weighted by molar-refractivity contribution is 0.373. The fourth-order valence-corrected chi connectivity index (χ4v) is 2.91. The first-order chi connectivity index (χ1) is 8.29. The highest BCUT2D eigenvalue weighted by Gasteiger charge is 2.12. The van der Waals surface area contributed by atoms with Crippen molar-refractivity contribution in [3.05, 3.63) is 6.07 Å². The Hall–Kier alpha value is -0.880. The molecule has 0 spiro atoms. The van der Waals surface area contributed by atoms with Crippen molar-refractivity contribution >= 4 is 17.6 Å². The minimum atomic E-state index is 0.631. The van der Waals surface area contributed by atoms with E-state index in [1.54, 1.807) is 11.8 Å². The molecule has 2 rings (SSSR count). The van der Waals surface area contributed by atoms with Crippen LogP contribution in [0.25, 0.3) is 0 Å². The molecule has 96 valence electrons. The van der Waals surface area contributed by atoms with Gasteiger partial charge in [-0.2, -0.15) is 16.9 Å². The fourth-order valence-electron chi connectivity index (χ4n) is 1.91. The molecule has 1 unspecified atom stereocenters. The van der Waals surface area contributed by atoms with E-state index in [4.69, 9.17) is 4.74 Å². The third-order valence-corrected chi connectivity index (χ3v) is 3.97. The van der Waals surface area contributed by atoms with Crippen molar-refractivity contribution in [1.29, 1.82) is 0 Å². The number of ether oxygens (including phenoxy) is 1. The summed E-state index contributed by atoms with van der Waals surface area (Å²) in [5, 5.41) is 11.2. The van der Waals surface area contributed by atoms with Crippen molar-refractivity contribution in [1.82, 2.24) is 15.1 Å². The van der Waals surface area contributed by atoms with Crippen LogP contribution in [0.1, 0.15) is 6.42 Å². The van der Waals surface area contributed by atoms with E-state index in [1.165, 1.54) is 11.5 Å². The first-order valence-electron chi connectivity index (χ1n) is 5.92. The standard InChI is InChI=1S/C11H20N4OS/c1-15-11(16-2)7-10(14-15)13-4-3-9-8-17-6-5-12-9/h7,9,12H,3-6,8H2,1-2H3,(H,13,14). The maximum atomic E-state index is 5.17. The molecule has 0 aromatic carbocycles. The first kappa shape index (κ1) is 12.6. The van der Waals surface area contributed by atoms with Gasteiger partial charge in [-0.05, 0) is 6.42 Å². The van der Waals surface area contributed by atoms with Crippen molar-refractivity contribution in [2.24, 2.45) is 7.05 Å². The average Bonchev–Trinajstić information content (AvgIpc) is 2.71. The number of methoxy groups -OCH3 is 1.